The Bertz CT molecular complexity index is 561. The molecule has 0 saturated heterocycles. The van der Waals surface area contributed by atoms with Gasteiger partial charge in [-0.15, -0.1) is 0 Å². The van der Waals surface area contributed by atoms with Crippen LogP contribution < -0.4 is 5.32 Å². The van der Waals surface area contributed by atoms with Crippen molar-refractivity contribution in [2.45, 2.75) is 6.54 Å². The second-order valence-corrected chi connectivity index (χ2v) is 4.52. The Morgan fingerprint density at radius 2 is 1.74 bits per heavy atom. The lowest BCUT2D eigenvalue weighted by atomic mass is 10.2. The van der Waals surface area contributed by atoms with E-state index in [1.807, 2.05) is 54.6 Å². The van der Waals surface area contributed by atoms with Crippen molar-refractivity contribution in [3.05, 3.63) is 76.8 Å². The van der Waals surface area contributed by atoms with Gasteiger partial charge in [-0.3, -0.25) is 4.79 Å². The number of benzene rings is 2. The molecule has 0 aliphatic carbocycles. The van der Waals surface area contributed by atoms with E-state index < -0.39 is 0 Å². The average Bonchev–Trinajstić information content (AvgIpc) is 2.45. The fourth-order valence-electron chi connectivity index (χ4n) is 1.59. The summed E-state index contributed by atoms with van der Waals surface area (Å²) in [5.74, 6) is -0.112. The molecule has 0 bridgehead atoms. The molecule has 0 spiro atoms. The van der Waals surface area contributed by atoms with E-state index in [-0.39, 0.29) is 5.91 Å². The van der Waals surface area contributed by atoms with E-state index in [1.54, 1.807) is 6.08 Å². The van der Waals surface area contributed by atoms with Gasteiger partial charge >= 0.3 is 0 Å². The molecule has 0 atom stereocenters. The number of nitrogens with one attached hydrogen (secondary N) is 1. The fraction of sp³-hybridized carbons (Fsp3) is 0.0625. The highest BCUT2D eigenvalue weighted by Gasteiger charge is 1.97. The smallest absolute Gasteiger partial charge is 0.244 e. The maximum atomic E-state index is 11.6. The predicted molar refractivity (Wildman–Crippen MR) is 78.8 cm³/mol. The van der Waals surface area contributed by atoms with Crippen LogP contribution in [0.2, 0.25) is 5.02 Å². The molecule has 0 radical (unpaired) electrons. The van der Waals surface area contributed by atoms with Gasteiger partial charge in [-0.05, 0) is 29.3 Å². The lowest BCUT2D eigenvalue weighted by Gasteiger charge is -2.02. The highest BCUT2D eigenvalue weighted by molar-refractivity contribution is 6.30. The van der Waals surface area contributed by atoms with Crippen molar-refractivity contribution < 1.29 is 4.79 Å². The Labute approximate surface area is 117 Å². The van der Waals surface area contributed by atoms with Crippen LogP contribution in [-0.4, -0.2) is 5.91 Å². The first kappa shape index (κ1) is 13.4. The van der Waals surface area contributed by atoms with Crippen LogP contribution in [0, 0.1) is 0 Å². The number of hydrogen-bond donors (Lipinski definition) is 1. The second-order valence-electron chi connectivity index (χ2n) is 4.09. The minimum Gasteiger partial charge on any atom is -0.348 e. The molecule has 0 aliphatic rings. The van der Waals surface area contributed by atoms with Gasteiger partial charge in [-0.1, -0.05) is 54.1 Å². The largest absolute Gasteiger partial charge is 0.348 e. The quantitative estimate of drug-likeness (QED) is 0.845. The molecule has 2 nitrogen and oxygen atoms in total. The minimum absolute atomic E-state index is 0.112. The fourth-order valence-corrected chi connectivity index (χ4v) is 1.71. The van der Waals surface area contributed by atoms with Gasteiger partial charge in [0.05, 0.1) is 0 Å². The average molecular weight is 272 g/mol. The van der Waals surface area contributed by atoms with Crippen LogP contribution in [0.5, 0.6) is 0 Å². The van der Waals surface area contributed by atoms with Crippen molar-refractivity contribution in [1.82, 2.24) is 5.32 Å². The van der Waals surface area contributed by atoms with Crippen molar-refractivity contribution in [3.8, 4) is 0 Å². The highest BCUT2D eigenvalue weighted by atomic mass is 35.5. The Hall–Kier alpha value is -2.06. The van der Waals surface area contributed by atoms with Crippen LogP contribution in [0.15, 0.2) is 60.7 Å². The number of hydrogen-bond acceptors (Lipinski definition) is 1. The molecule has 1 N–H and O–H groups in total. The van der Waals surface area contributed by atoms with E-state index in [0.29, 0.717) is 11.6 Å². The molecule has 0 saturated carbocycles. The van der Waals surface area contributed by atoms with E-state index in [1.165, 1.54) is 6.08 Å². The van der Waals surface area contributed by atoms with E-state index >= 15 is 0 Å². The molecule has 0 aromatic heterocycles. The van der Waals surface area contributed by atoms with Gasteiger partial charge in [0.25, 0.3) is 0 Å². The molecule has 0 heterocycles. The Morgan fingerprint density at radius 3 is 2.42 bits per heavy atom. The first-order chi connectivity index (χ1) is 9.24. The van der Waals surface area contributed by atoms with Gasteiger partial charge < -0.3 is 5.32 Å². The molecule has 0 fully saturated rings. The topological polar surface area (TPSA) is 29.1 Å². The van der Waals surface area contributed by atoms with Crippen molar-refractivity contribution in [3.63, 3.8) is 0 Å². The molecule has 2 aromatic carbocycles. The van der Waals surface area contributed by atoms with Crippen LogP contribution >= 0.6 is 11.6 Å². The summed E-state index contributed by atoms with van der Waals surface area (Å²) in [5, 5.41) is 3.51. The van der Waals surface area contributed by atoms with Crippen molar-refractivity contribution in [2.75, 3.05) is 0 Å². The summed E-state index contributed by atoms with van der Waals surface area (Å²) in [4.78, 5) is 11.6. The van der Waals surface area contributed by atoms with Crippen LogP contribution in [0.4, 0.5) is 0 Å². The third-order valence-electron chi connectivity index (χ3n) is 2.61. The molecule has 0 aliphatic heterocycles. The summed E-state index contributed by atoms with van der Waals surface area (Å²) >= 11 is 5.79. The molecule has 2 rings (SSSR count). The minimum atomic E-state index is -0.112. The van der Waals surface area contributed by atoms with Gasteiger partial charge in [0, 0.05) is 17.6 Å². The van der Waals surface area contributed by atoms with Gasteiger partial charge in [0.15, 0.2) is 0 Å². The SMILES string of the molecule is O=C(C=Cc1ccccc1)NCc1ccc(Cl)cc1. The summed E-state index contributed by atoms with van der Waals surface area (Å²) in [7, 11) is 0. The Kier molecular flexibility index (Phi) is 4.76. The summed E-state index contributed by atoms with van der Waals surface area (Å²) in [6.45, 7) is 0.495. The maximum Gasteiger partial charge on any atom is 0.244 e. The first-order valence-corrected chi connectivity index (χ1v) is 6.37. The Morgan fingerprint density at radius 1 is 1.05 bits per heavy atom. The number of rotatable bonds is 4. The van der Waals surface area contributed by atoms with Crippen LogP contribution in [-0.2, 0) is 11.3 Å². The molecule has 2 aromatic rings. The zero-order valence-corrected chi connectivity index (χ0v) is 11.1. The van der Waals surface area contributed by atoms with E-state index in [0.717, 1.165) is 11.1 Å². The first-order valence-electron chi connectivity index (χ1n) is 5.99. The zero-order valence-electron chi connectivity index (χ0n) is 10.3. The van der Waals surface area contributed by atoms with Crippen LogP contribution in [0.25, 0.3) is 6.08 Å². The molecule has 19 heavy (non-hydrogen) atoms. The third kappa shape index (κ3) is 4.60. The molecule has 1 amide bonds. The third-order valence-corrected chi connectivity index (χ3v) is 2.86. The number of carbonyl (C=O) groups is 1. The van der Waals surface area contributed by atoms with Crippen LogP contribution in [0.3, 0.4) is 0 Å². The normalized spacial score (nSPS) is 10.6. The lowest BCUT2D eigenvalue weighted by molar-refractivity contribution is -0.116. The molecule has 96 valence electrons. The maximum absolute atomic E-state index is 11.6. The molecule has 0 unspecified atom stereocenters. The summed E-state index contributed by atoms with van der Waals surface area (Å²) in [5.41, 5.74) is 2.02. The van der Waals surface area contributed by atoms with Crippen LogP contribution in [0.1, 0.15) is 11.1 Å². The predicted octanol–water partition coefficient (Wildman–Crippen LogP) is 3.67. The van der Waals surface area contributed by atoms with Gasteiger partial charge in [0.1, 0.15) is 0 Å². The highest BCUT2D eigenvalue weighted by Crippen LogP contribution is 2.09. The molecular formula is C16H14ClNO. The number of halogens is 1. The number of carbonyl (C=O) groups excluding carboxylic acids is 1. The Balaban J connectivity index is 1.85. The van der Waals surface area contributed by atoms with Crippen molar-refractivity contribution in [2.24, 2.45) is 0 Å². The lowest BCUT2D eigenvalue weighted by Crippen LogP contribution is -2.20. The van der Waals surface area contributed by atoms with Gasteiger partial charge in [0.2, 0.25) is 5.91 Å². The summed E-state index contributed by atoms with van der Waals surface area (Å²) in [6.07, 6.45) is 3.32. The van der Waals surface area contributed by atoms with Gasteiger partial charge in [-0.25, -0.2) is 0 Å². The second kappa shape index (κ2) is 6.76. The van der Waals surface area contributed by atoms with E-state index in [9.17, 15) is 4.79 Å². The van der Waals surface area contributed by atoms with E-state index in [2.05, 4.69) is 5.32 Å². The monoisotopic (exact) mass is 271 g/mol. The van der Waals surface area contributed by atoms with Crippen molar-refractivity contribution in [1.29, 1.82) is 0 Å². The zero-order chi connectivity index (χ0) is 13.5. The van der Waals surface area contributed by atoms with Crippen molar-refractivity contribution >= 4 is 23.6 Å². The molecule has 3 heteroatoms. The summed E-state index contributed by atoms with van der Waals surface area (Å²) < 4.78 is 0. The molecular weight excluding hydrogens is 258 g/mol. The van der Waals surface area contributed by atoms with Gasteiger partial charge in [-0.2, -0.15) is 0 Å². The summed E-state index contributed by atoms with van der Waals surface area (Å²) in [6, 6.07) is 17.1. The van der Waals surface area contributed by atoms with E-state index in [4.69, 9.17) is 11.6 Å². The number of amides is 1. The standard InChI is InChI=1S/C16H14ClNO/c17-15-9-6-14(7-10-15)12-18-16(19)11-8-13-4-2-1-3-5-13/h1-11H,12H2,(H,18,19).